The van der Waals surface area contributed by atoms with E-state index in [4.69, 9.17) is 0 Å². The molecule has 1 aliphatic rings. The molecule has 1 nitrogen and oxygen atoms in total. The summed E-state index contributed by atoms with van der Waals surface area (Å²) in [5, 5.41) is 3.49. The molecule has 1 aromatic rings. The Kier molecular flexibility index (Phi) is 4.26. The van der Waals surface area contributed by atoms with E-state index in [9.17, 15) is 0 Å². The van der Waals surface area contributed by atoms with E-state index < -0.39 is 0 Å². The van der Waals surface area contributed by atoms with Crippen molar-refractivity contribution in [3.63, 3.8) is 0 Å². The van der Waals surface area contributed by atoms with E-state index in [1.165, 1.54) is 46.8 Å². The van der Waals surface area contributed by atoms with Gasteiger partial charge >= 0.3 is 0 Å². The van der Waals surface area contributed by atoms with Gasteiger partial charge in [-0.15, -0.1) is 0 Å². The summed E-state index contributed by atoms with van der Waals surface area (Å²) in [6, 6.07) is 5.10. The van der Waals surface area contributed by atoms with Gasteiger partial charge in [-0.25, -0.2) is 0 Å². The minimum atomic E-state index is 0.520. The second-order valence-corrected chi connectivity index (χ2v) is 6.19. The number of hydrogen-bond acceptors (Lipinski definition) is 1. The Balaban J connectivity index is 2.19. The average Bonchev–Trinajstić information content (AvgIpc) is 2.23. The van der Waals surface area contributed by atoms with Crippen LogP contribution in [0.4, 0.5) is 0 Å². The van der Waals surface area contributed by atoms with Crippen molar-refractivity contribution in [3.05, 3.63) is 33.3 Å². The zero-order valence-electron chi connectivity index (χ0n) is 11.0. The third-order valence-corrected chi connectivity index (χ3v) is 4.92. The van der Waals surface area contributed by atoms with Gasteiger partial charge in [0.2, 0.25) is 0 Å². The first-order chi connectivity index (χ1) is 8.11. The molecule has 0 radical (unpaired) electrons. The van der Waals surface area contributed by atoms with Crippen LogP contribution < -0.4 is 5.32 Å². The summed E-state index contributed by atoms with van der Waals surface area (Å²) in [5.74, 6) is 0.941. The third kappa shape index (κ3) is 2.92. The first-order valence-electron chi connectivity index (χ1n) is 6.55. The Hall–Kier alpha value is -0.340. The van der Waals surface area contributed by atoms with Gasteiger partial charge < -0.3 is 5.32 Å². The van der Waals surface area contributed by atoms with E-state index in [0.29, 0.717) is 6.04 Å². The van der Waals surface area contributed by atoms with Crippen LogP contribution in [0.1, 0.15) is 48.4 Å². The van der Waals surface area contributed by atoms with Crippen LogP contribution in [0.3, 0.4) is 0 Å². The highest BCUT2D eigenvalue weighted by atomic mass is 79.9. The van der Waals surface area contributed by atoms with Crippen molar-refractivity contribution in [2.45, 2.75) is 45.6 Å². The molecule has 1 unspecified atom stereocenters. The van der Waals surface area contributed by atoms with E-state index in [0.717, 1.165) is 5.92 Å². The lowest BCUT2D eigenvalue weighted by atomic mass is 9.79. The summed E-state index contributed by atoms with van der Waals surface area (Å²) in [4.78, 5) is 0. The lowest BCUT2D eigenvalue weighted by molar-refractivity contribution is 0.265. The summed E-state index contributed by atoms with van der Waals surface area (Å²) < 4.78 is 1.22. The van der Waals surface area contributed by atoms with Crippen molar-refractivity contribution < 1.29 is 0 Å². The number of nitrogens with one attached hydrogen (secondary N) is 1. The molecule has 17 heavy (non-hydrogen) atoms. The molecule has 0 saturated heterocycles. The summed E-state index contributed by atoms with van der Waals surface area (Å²) in [6.07, 6.45) is 5.57. The first-order valence-corrected chi connectivity index (χ1v) is 7.35. The predicted octanol–water partition coefficient (Wildman–Crippen LogP) is 4.52. The number of hydrogen-bond donors (Lipinski definition) is 1. The van der Waals surface area contributed by atoms with E-state index in [1.54, 1.807) is 0 Å². The smallest absolute Gasteiger partial charge is 0.0322 e. The molecule has 2 heteroatoms. The third-order valence-electron chi connectivity index (χ3n) is 4.06. The van der Waals surface area contributed by atoms with Crippen LogP contribution in [0.2, 0.25) is 0 Å². The molecule has 1 atom stereocenters. The molecule has 1 aromatic carbocycles. The van der Waals surface area contributed by atoms with E-state index >= 15 is 0 Å². The van der Waals surface area contributed by atoms with Crippen LogP contribution in [-0.4, -0.2) is 7.05 Å². The van der Waals surface area contributed by atoms with Crippen LogP contribution >= 0.6 is 15.9 Å². The second-order valence-electron chi connectivity index (χ2n) is 5.33. The number of benzene rings is 1. The Morgan fingerprint density at radius 2 is 2.00 bits per heavy atom. The topological polar surface area (TPSA) is 12.0 Å². The Labute approximate surface area is 113 Å². The van der Waals surface area contributed by atoms with Crippen molar-refractivity contribution in [2.75, 3.05) is 7.05 Å². The normalized spacial score (nSPS) is 17.9. The quantitative estimate of drug-likeness (QED) is 0.861. The fourth-order valence-corrected chi connectivity index (χ4v) is 3.10. The van der Waals surface area contributed by atoms with Crippen molar-refractivity contribution in [2.24, 2.45) is 5.92 Å². The highest BCUT2D eigenvalue weighted by Crippen LogP contribution is 2.36. The van der Waals surface area contributed by atoms with Crippen LogP contribution in [0.25, 0.3) is 0 Å². The van der Waals surface area contributed by atoms with Crippen LogP contribution in [0, 0.1) is 19.8 Å². The summed E-state index contributed by atoms with van der Waals surface area (Å²) in [7, 11) is 2.08. The number of rotatable bonds is 4. The largest absolute Gasteiger partial charge is 0.313 e. The van der Waals surface area contributed by atoms with Gasteiger partial charge in [-0.3, -0.25) is 0 Å². The zero-order chi connectivity index (χ0) is 12.4. The SMILES string of the molecule is CNC(CC1CCC1)c1cc(C)c(Br)cc1C. The number of aryl methyl sites for hydroxylation is 2. The molecule has 1 aliphatic carbocycles. The molecule has 0 bridgehead atoms. The minimum Gasteiger partial charge on any atom is -0.313 e. The van der Waals surface area contributed by atoms with Gasteiger partial charge in [-0.2, -0.15) is 0 Å². The van der Waals surface area contributed by atoms with E-state index in [-0.39, 0.29) is 0 Å². The molecule has 0 heterocycles. The molecule has 1 saturated carbocycles. The summed E-state index contributed by atoms with van der Waals surface area (Å²) in [5.41, 5.74) is 4.20. The summed E-state index contributed by atoms with van der Waals surface area (Å²) >= 11 is 3.61. The monoisotopic (exact) mass is 295 g/mol. The lowest BCUT2D eigenvalue weighted by Gasteiger charge is -2.30. The Morgan fingerprint density at radius 1 is 1.29 bits per heavy atom. The molecule has 94 valence electrons. The van der Waals surface area contributed by atoms with Crippen molar-refractivity contribution in [1.82, 2.24) is 5.32 Å². The molecule has 0 aliphatic heterocycles. The van der Waals surface area contributed by atoms with Crippen LogP contribution in [0.15, 0.2) is 16.6 Å². The fourth-order valence-electron chi connectivity index (χ4n) is 2.64. The summed E-state index contributed by atoms with van der Waals surface area (Å²) in [6.45, 7) is 4.38. The predicted molar refractivity (Wildman–Crippen MR) is 77.4 cm³/mol. The lowest BCUT2D eigenvalue weighted by Crippen LogP contribution is -2.24. The molecule has 1 N–H and O–H groups in total. The molecule has 0 spiro atoms. The molecule has 1 fully saturated rings. The zero-order valence-corrected chi connectivity index (χ0v) is 12.6. The van der Waals surface area contributed by atoms with Gasteiger partial charge in [0.1, 0.15) is 0 Å². The highest BCUT2D eigenvalue weighted by Gasteiger charge is 2.23. The second kappa shape index (κ2) is 5.53. The standard InChI is InChI=1S/C15H22BrN/c1-10-8-14(16)11(2)7-13(10)15(17-3)9-12-5-4-6-12/h7-8,12,15,17H,4-6,9H2,1-3H3. The molecule has 0 aromatic heterocycles. The maximum Gasteiger partial charge on any atom is 0.0322 e. The van der Waals surface area contributed by atoms with Gasteiger partial charge in [0, 0.05) is 10.5 Å². The highest BCUT2D eigenvalue weighted by molar-refractivity contribution is 9.10. The van der Waals surface area contributed by atoms with Gasteiger partial charge in [0.25, 0.3) is 0 Å². The minimum absolute atomic E-state index is 0.520. The maximum atomic E-state index is 3.61. The van der Waals surface area contributed by atoms with Gasteiger partial charge in [-0.1, -0.05) is 41.3 Å². The van der Waals surface area contributed by atoms with Crippen LogP contribution in [-0.2, 0) is 0 Å². The number of halogens is 1. The van der Waals surface area contributed by atoms with Crippen molar-refractivity contribution in [1.29, 1.82) is 0 Å². The van der Waals surface area contributed by atoms with Crippen molar-refractivity contribution >= 4 is 15.9 Å². The molecular weight excluding hydrogens is 274 g/mol. The average molecular weight is 296 g/mol. The fraction of sp³-hybridized carbons (Fsp3) is 0.600. The molecule has 0 amide bonds. The Bertz CT molecular complexity index is 396. The maximum absolute atomic E-state index is 3.61. The van der Waals surface area contributed by atoms with Gasteiger partial charge in [0.05, 0.1) is 0 Å². The molecule has 2 rings (SSSR count). The van der Waals surface area contributed by atoms with Crippen molar-refractivity contribution in [3.8, 4) is 0 Å². The van der Waals surface area contributed by atoms with E-state index in [1.807, 2.05) is 0 Å². The van der Waals surface area contributed by atoms with E-state index in [2.05, 4.69) is 54.3 Å². The van der Waals surface area contributed by atoms with Gasteiger partial charge in [0.15, 0.2) is 0 Å². The first kappa shape index (κ1) is 13.1. The van der Waals surface area contributed by atoms with Crippen LogP contribution in [0.5, 0.6) is 0 Å². The molecular formula is C15H22BrN. The van der Waals surface area contributed by atoms with Gasteiger partial charge in [-0.05, 0) is 56.0 Å². The Morgan fingerprint density at radius 3 is 2.53 bits per heavy atom.